The lowest BCUT2D eigenvalue weighted by atomic mass is 9.98. The van der Waals surface area contributed by atoms with E-state index in [4.69, 9.17) is 9.47 Å². The average Bonchev–Trinajstić information content (AvgIpc) is 2.73. The van der Waals surface area contributed by atoms with Crippen LogP contribution in [0.5, 0.6) is 11.8 Å². The van der Waals surface area contributed by atoms with Crippen molar-refractivity contribution in [3.8, 4) is 11.8 Å². The Labute approximate surface area is 175 Å². The Morgan fingerprint density at radius 3 is 2.40 bits per heavy atom. The van der Waals surface area contributed by atoms with E-state index in [1.54, 1.807) is 31.3 Å². The summed E-state index contributed by atoms with van der Waals surface area (Å²) in [5, 5.41) is 0. The van der Waals surface area contributed by atoms with Crippen LogP contribution in [0.25, 0.3) is 0 Å². The standard InChI is InChI=1S/C22H28F3N3O2/c1-4-15(2)29-18-12-10-16(11-13-18)28(3)20-19(22(23,24)25)14-26-21(27-20)30-17-8-6-5-7-9-17/h10-15,17H,4-9H2,1-3H3. The molecule has 1 heterocycles. The molecule has 0 N–H and O–H groups in total. The predicted molar refractivity (Wildman–Crippen MR) is 109 cm³/mol. The summed E-state index contributed by atoms with van der Waals surface area (Å²) < 4.78 is 52.3. The van der Waals surface area contributed by atoms with Gasteiger partial charge in [0.05, 0.1) is 6.10 Å². The van der Waals surface area contributed by atoms with Gasteiger partial charge in [-0.15, -0.1) is 0 Å². The largest absolute Gasteiger partial charge is 0.491 e. The van der Waals surface area contributed by atoms with Gasteiger partial charge in [0.15, 0.2) is 5.82 Å². The van der Waals surface area contributed by atoms with Crippen molar-refractivity contribution in [3.05, 3.63) is 36.0 Å². The highest BCUT2D eigenvalue weighted by Gasteiger charge is 2.37. The number of aromatic nitrogens is 2. The normalized spacial score (nSPS) is 16.2. The molecule has 1 fully saturated rings. The summed E-state index contributed by atoms with van der Waals surface area (Å²) in [7, 11) is 1.55. The molecule has 164 valence electrons. The second-order valence-corrected chi connectivity index (χ2v) is 7.66. The fourth-order valence-electron chi connectivity index (χ4n) is 3.39. The first-order valence-electron chi connectivity index (χ1n) is 10.4. The lowest BCUT2D eigenvalue weighted by Crippen LogP contribution is -2.23. The number of hydrogen-bond acceptors (Lipinski definition) is 5. The Morgan fingerprint density at radius 2 is 1.80 bits per heavy atom. The van der Waals surface area contributed by atoms with Gasteiger partial charge in [-0.25, -0.2) is 4.98 Å². The quantitative estimate of drug-likeness (QED) is 0.534. The molecule has 0 aliphatic heterocycles. The van der Waals surface area contributed by atoms with Crippen LogP contribution in [0.3, 0.4) is 0 Å². The fourth-order valence-corrected chi connectivity index (χ4v) is 3.39. The van der Waals surface area contributed by atoms with Crippen molar-refractivity contribution in [3.63, 3.8) is 0 Å². The molecule has 1 atom stereocenters. The van der Waals surface area contributed by atoms with Crippen LogP contribution in [0.2, 0.25) is 0 Å². The number of benzene rings is 1. The molecule has 2 aromatic rings. The number of anilines is 2. The van der Waals surface area contributed by atoms with E-state index in [0.717, 1.165) is 44.7 Å². The first-order valence-corrected chi connectivity index (χ1v) is 10.4. The Balaban J connectivity index is 1.86. The van der Waals surface area contributed by atoms with E-state index in [1.165, 1.54) is 4.90 Å². The van der Waals surface area contributed by atoms with E-state index >= 15 is 0 Å². The first-order chi connectivity index (χ1) is 14.3. The topological polar surface area (TPSA) is 47.5 Å². The molecule has 1 aliphatic rings. The van der Waals surface area contributed by atoms with Crippen molar-refractivity contribution in [2.45, 2.75) is 70.8 Å². The molecule has 0 spiro atoms. The van der Waals surface area contributed by atoms with E-state index in [2.05, 4.69) is 9.97 Å². The first kappa shape index (κ1) is 22.2. The van der Waals surface area contributed by atoms with E-state index < -0.39 is 11.7 Å². The molecule has 0 bridgehead atoms. The SMILES string of the molecule is CCC(C)Oc1ccc(N(C)c2nc(OC3CCCCC3)ncc2C(F)(F)F)cc1. The summed E-state index contributed by atoms with van der Waals surface area (Å²) in [5.41, 5.74) is -0.347. The number of ether oxygens (including phenoxy) is 2. The smallest absolute Gasteiger partial charge is 0.421 e. The van der Waals surface area contributed by atoms with Crippen LogP contribution in [0, 0.1) is 0 Å². The minimum atomic E-state index is -4.58. The lowest BCUT2D eigenvalue weighted by molar-refractivity contribution is -0.137. The van der Waals surface area contributed by atoms with E-state index in [1.807, 2.05) is 13.8 Å². The predicted octanol–water partition coefficient (Wildman–Crippen LogP) is 6.15. The van der Waals surface area contributed by atoms with Crippen LogP contribution in [0.1, 0.15) is 57.9 Å². The zero-order valence-electron chi connectivity index (χ0n) is 17.6. The molecule has 1 unspecified atom stereocenters. The number of alkyl halides is 3. The Morgan fingerprint density at radius 1 is 1.13 bits per heavy atom. The maximum Gasteiger partial charge on any atom is 0.421 e. The van der Waals surface area contributed by atoms with Crippen LogP contribution < -0.4 is 14.4 Å². The summed E-state index contributed by atoms with van der Waals surface area (Å²) in [4.78, 5) is 9.36. The van der Waals surface area contributed by atoms with Crippen molar-refractivity contribution < 1.29 is 22.6 Å². The fraction of sp³-hybridized carbons (Fsp3) is 0.545. The van der Waals surface area contributed by atoms with Crippen LogP contribution in [-0.4, -0.2) is 29.2 Å². The third kappa shape index (κ3) is 5.55. The minimum absolute atomic E-state index is 0.0199. The monoisotopic (exact) mass is 423 g/mol. The molecule has 0 saturated heterocycles. The summed E-state index contributed by atoms with van der Waals surface area (Å²) in [6.45, 7) is 3.98. The Kier molecular flexibility index (Phi) is 7.05. The Bertz CT molecular complexity index is 821. The summed E-state index contributed by atoms with van der Waals surface area (Å²) >= 11 is 0. The third-order valence-electron chi connectivity index (χ3n) is 5.33. The molecule has 5 nitrogen and oxygen atoms in total. The maximum atomic E-state index is 13.6. The minimum Gasteiger partial charge on any atom is -0.491 e. The molecule has 3 rings (SSSR count). The van der Waals surface area contributed by atoms with Gasteiger partial charge in [0.2, 0.25) is 0 Å². The van der Waals surface area contributed by atoms with Crippen LogP contribution in [0.4, 0.5) is 24.7 Å². The molecule has 1 aromatic heterocycles. The van der Waals surface area contributed by atoms with Crippen molar-refractivity contribution in [2.24, 2.45) is 0 Å². The van der Waals surface area contributed by atoms with Gasteiger partial charge < -0.3 is 14.4 Å². The number of halogens is 3. The van der Waals surface area contributed by atoms with Gasteiger partial charge in [0, 0.05) is 18.9 Å². The number of hydrogen-bond donors (Lipinski definition) is 0. The molecule has 30 heavy (non-hydrogen) atoms. The second-order valence-electron chi connectivity index (χ2n) is 7.66. The van der Waals surface area contributed by atoms with Gasteiger partial charge in [-0.05, 0) is 63.3 Å². The average molecular weight is 423 g/mol. The van der Waals surface area contributed by atoms with Crippen molar-refractivity contribution >= 4 is 11.5 Å². The van der Waals surface area contributed by atoms with Crippen LogP contribution in [0.15, 0.2) is 30.5 Å². The van der Waals surface area contributed by atoms with E-state index in [9.17, 15) is 13.2 Å². The zero-order chi connectivity index (χ0) is 21.7. The highest BCUT2D eigenvalue weighted by Crippen LogP contribution is 2.38. The van der Waals surface area contributed by atoms with Crippen molar-refractivity contribution in [1.29, 1.82) is 0 Å². The Hall–Kier alpha value is -2.51. The molecule has 0 radical (unpaired) electrons. The molecular weight excluding hydrogens is 395 g/mol. The molecule has 0 amide bonds. The second kappa shape index (κ2) is 9.53. The van der Waals surface area contributed by atoms with Gasteiger partial charge in [0.25, 0.3) is 0 Å². The number of rotatable bonds is 7. The molecule has 1 aliphatic carbocycles. The van der Waals surface area contributed by atoms with Gasteiger partial charge in [0.1, 0.15) is 17.4 Å². The van der Waals surface area contributed by atoms with Gasteiger partial charge in [-0.1, -0.05) is 13.3 Å². The summed E-state index contributed by atoms with van der Waals surface area (Å²) in [6, 6.07) is 6.88. The molecule has 1 aromatic carbocycles. The van der Waals surface area contributed by atoms with Crippen molar-refractivity contribution in [2.75, 3.05) is 11.9 Å². The zero-order valence-corrected chi connectivity index (χ0v) is 17.6. The lowest BCUT2D eigenvalue weighted by Gasteiger charge is -2.25. The molecular formula is C22H28F3N3O2. The highest BCUT2D eigenvalue weighted by molar-refractivity contribution is 5.63. The molecule has 1 saturated carbocycles. The van der Waals surface area contributed by atoms with E-state index in [-0.39, 0.29) is 24.0 Å². The third-order valence-corrected chi connectivity index (χ3v) is 5.33. The highest BCUT2D eigenvalue weighted by atomic mass is 19.4. The summed E-state index contributed by atoms with van der Waals surface area (Å²) in [5.74, 6) is 0.431. The van der Waals surface area contributed by atoms with Gasteiger partial charge >= 0.3 is 12.2 Å². The molecule has 8 heteroatoms. The van der Waals surface area contributed by atoms with Crippen LogP contribution >= 0.6 is 0 Å². The van der Waals surface area contributed by atoms with Gasteiger partial charge in [-0.2, -0.15) is 18.2 Å². The van der Waals surface area contributed by atoms with Gasteiger partial charge in [-0.3, -0.25) is 0 Å². The number of nitrogens with zero attached hydrogens (tertiary/aromatic N) is 3. The van der Waals surface area contributed by atoms with Crippen molar-refractivity contribution in [1.82, 2.24) is 9.97 Å². The maximum absolute atomic E-state index is 13.6. The van der Waals surface area contributed by atoms with Crippen LogP contribution in [-0.2, 0) is 6.18 Å². The summed E-state index contributed by atoms with van der Waals surface area (Å²) in [6.07, 6.45) is 2.08. The van der Waals surface area contributed by atoms with E-state index in [0.29, 0.717) is 11.4 Å².